The average molecular weight is 250 g/mol. The van der Waals surface area contributed by atoms with Crippen LogP contribution in [-0.2, 0) is 6.42 Å². The Kier molecular flexibility index (Phi) is 4.06. The van der Waals surface area contributed by atoms with Gasteiger partial charge in [0.2, 0.25) is 0 Å². The van der Waals surface area contributed by atoms with Crippen molar-refractivity contribution in [1.29, 1.82) is 0 Å². The van der Waals surface area contributed by atoms with Gasteiger partial charge in [-0.25, -0.2) is 0 Å². The van der Waals surface area contributed by atoms with E-state index in [-0.39, 0.29) is 6.61 Å². The largest absolute Gasteiger partial charge is 0.396 e. The second kappa shape index (κ2) is 4.85. The highest BCUT2D eigenvalue weighted by Crippen LogP contribution is 2.20. The van der Waals surface area contributed by atoms with Crippen molar-refractivity contribution in [3.63, 3.8) is 0 Å². The van der Waals surface area contributed by atoms with Crippen molar-refractivity contribution in [3.05, 3.63) is 33.3 Å². The molecule has 0 aliphatic rings. The van der Waals surface area contributed by atoms with Gasteiger partial charge in [0.25, 0.3) is 0 Å². The lowest BCUT2D eigenvalue weighted by Gasteiger charge is -2.01. The van der Waals surface area contributed by atoms with Gasteiger partial charge in [-0.05, 0) is 36.6 Å². The molecular formula is C9H10BrClO. The van der Waals surface area contributed by atoms with Crippen molar-refractivity contribution in [2.75, 3.05) is 6.61 Å². The molecule has 1 aromatic rings. The molecule has 0 heterocycles. The van der Waals surface area contributed by atoms with E-state index in [1.165, 1.54) is 0 Å². The van der Waals surface area contributed by atoms with Crippen molar-refractivity contribution in [3.8, 4) is 0 Å². The Bertz CT molecular complexity index is 242. The first-order valence-corrected chi connectivity index (χ1v) is 4.95. The standard InChI is InChI=1S/C9H10BrClO/c10-8-4-7(2-1-3-12)5-9(11)6-8/h4-6,12H,1-3H2. The summed E-state index contributed by atoms with van der Waals surface area (Å²) in [5, 5.41) is 9.36. The first-order chi connectivity index (χ1) is 5.72. The van der Waals surface area contributed by atoms with Crippen LogP contribution in [0.25, 0.3) is 0 Å². The maximum Gasteiger partial charge on any atom is 0.0434 e. The fourth-order valence-corrected chi connectivity index (χ4v) is 1.97. The zero-order valence-electron chi connectivity index (χ0n) is 6.56. The lowest BCUT2D eigenvalue weighted by molar-refractivity contribution is 0.288. The minimum atomic E-state index is 0.226. The van der Waals surface area contributed by atoms with Gasteiger partial charge in [0, 0.05) is 16.1 Å². The Morgan fingerprint density at radius 1 is 1.33 bits per heavy atom. The zero-order chi connectivity index (χ0) is 8.97. The highest BCUT2D eigenvalue weighted by atomic mass is 79.9. The summed E-state index contributed by atoms with van der Waals surface area (Å²) < 4.78 is 0.989. The Balaban J connectivity index is 2.72. The maximum atomic E-state index is 8.62. The second-order valence-corrected chi connectivity index (χ2v) is 3.96. The van der Waals surface area contributed by atoms with E-state index in [1.54, 1.807) is 0 Å². The van der Waals surface area contributed by atoms with E-state index in [4.69, 9.17) is 16.7 Å². The van der Waals surface area contributed by atoms with Crippen LogP contribution in [0.4, 0.5) is 0 Å². The number of hydrogen-bond acceptors (Lipinski definition) is 1. The summed E-state index contributed by atoms with van der Waals surface area (Å²) in [7, 11) is 0. The molecular weight excluding hydrogens is 239 g/mol. The molecule has 66 valence electrons. The molecule has 0 aliphatic heterocycles. The third-order valence-corrected chi connectivity index (χ3v) is 2.22. The molecule has 0 fully saturated rings. The van der Waals surface area contributed by atoms with Crippen LogP contribution in [0.2, 0.25) is 5.02 Å². The van der Waals surface area contributed by atoms with Crippen molar-refractivity contribution >= 4 is 27.5 Å². The quantitative estimate of drug-likeness (QED) is 0.873. The first-order valence-electron chi connectivity index (χ1n) is 3.78. The maximum absolute atomic E-state index is 8.62. The topological polar surface area (TPSA) is 20.2 Å². The molecule has 0 saturated carbocycles. The van der Waals surface area contributed by atoms with Crippen LogP contribution in [0.1, 0.15) is 12.0 Å². The van der Waals surface area contributed by atoms with E-state index < -0.39 is 0 Å². The highest BCUT2D eigenvalue weighted by molar-refractivity contribution is 9.10. The minimum absolute atomic E-state index is 0.226. The van der Waals surface area contributed by atoms with E-state index in [0.29, 0.717) is 0 Å². The summed E-state index contributed by atoms with van der Waals surface area (Å²) >= 11 is 9.19. The van der Waals surface area contributed by atoms with Crippen LogP contribution >= 0.6 is 27.5 Å². The monoisotopic (exact) mass is 248 g/mol. The summed E-state index contributed by atoms with van der Waals surface area (Å²) in [4.78, 5) is 0. The van der Waals surface area contributed by atoms with Crippen LogP contribution in [0.5, 0.6) is 0 Å². The van der Waals surface area contributed by atoms with Crippen LogP contribution < -0.4 is 0 Å². The molecule has 0 bridgehead atoms. The summed E-state index contributed by atoms with van der Waals surface area (Å²) in [5.74, 6) is 0. The van der Waals surface area contributed by atoms with Gasteiger partial charge in [-0.15, -0.1) is 0 Å². The van der Waals surface area contributed by atoms with Gasteiger partial charge >= 0.3 is 0 Å². The van der Waals surface area contributed by atoms with Gasteiger partial charge in [0.1, 0.15) is 0 Å². The molecule has 1 nitrogen and oxygen atoms in total. The fraction of sp³-hybridized carbons (Fsp3) is 0.333. The molecule has 0 aliphatic carbocycles. The van der Waals surface area contributed by atoms with Crippen molar-refractivity contribution < 1.29 is 5.11 Å². The number of aryl methyl sites for hydroxylation is 1. The van der Waals surface area contributed by atoms with Gasteiger partial charge in [-0.3, -0.25) is 0 Å². The van der Waals surface area contributed by atoms with E-state index in [2.05, 4.69) is 15.9 Å². The van der Waals surface area contributed by atoms with E-state index in [9.17, 15) is 0 Å². The van der Waals surface area contributed by atoms with Crippen LogP contribution in [-0.4, -0.2) is 11.7 Å². The number of aliphatic hydroxyl groups excluding tert-OH is 1. The summed E-state index contributed by atoms with van der Waals surface area (Å²) in [6.07, 6.45) is 1.66. The fourth-order valence-electron chi connectivity index (χ4n) is 1.04. The van der Waals surface area contributed by atoms with E-state index in [1.807, 2.05) is 18.2 Å². The predicted octanol–water partition coefficient (Wildman–Crippen LogP) is 3.03. The molecule has 1 rings (SSSR count). The molecule has 0 atom stereocenters. The number of benzene rings is 1. The minimum Gasteiger partial charge on any atom is -0.396 e. The molecule has 0 amide bonds. The van der Waals surface area contributed by atoms with Gasteiger partial charge in [-0.2, -0.15) is 0 Å². The Morgan fingerprint density at radius 3 is 2.67 bits per heavy atom. The van der Waals surface area contributed by atoms with Crippen LogP contribution in [0, 0.1) is 0 Å². The smallest absolute Gasteiger partial charge is 0.0434 e. The third kappa shape index (κ3) is 3.13. The van der Waals surface area contributed by atoms with E-state index >= 15 is 0 Å². The third-order valence-electron chi connectivity index (χ3n) is 1.55. The summed E-state index contributed by atoms with van der Waals surface area (Å²) in [6.45, 7) is 0.226. The Morgan fingerprint density at radius 2 is 2.08 bits per heavy atom. The van der Waals surface area contributed by atoms with Gasteiger partial charge in [0.15, 0.2) is 0 Å². The second-order valence-electron chi connectivity index (χ2n) is 2.60. The van der Waals surface area contributed by atoms with E-state index in [0.717, 1.165) is 27.9 Å². The molecule has 0 aromatic heterocycles. The normalized spacial score (nSPS) is 10.2. The average Bonchev–Trinajstić information content (AvgIpc) is 1.99. The van der Waals surface area contributed by atoms with Crippen LogP contribution in [0.15, 0.2) is 22.7 Å². The highest BCUT2D eigenvalue weighted by Gasteiger charge is 1.97. The molecule has 12 heavy (non-hydrogen) atoms. The SMILES string of the molecule is OCCCc1cc(Cl)cc(Br)c1. The number of halogens is 2. The number of aliphatic hydroxyl groups is 1. The summed E-state index contributed by atoms with van der Waals surface area (Å²) in [6, 6.07) is 5.79. The molecule has 1 N–H and O–H groups in total. The molecule has 0 spiro atoms. The van der Waals surface area contributed by atoms with Crippen LogP contribution in [0.3, 0.4) is 0 Å². The van der Waals surface area contributed by atoms with Gasteiger partial charge in [-0.1, -0.05) is 27.5 Å². The Labute approximate surface area is 85.5 Å². The predicted molar refractivity (Wildman–Crippen MR) is 54.6 cm³/mol. The van der Waals surface area contributed by atoms with Gasteiger partial charge in [0.05, 0.1) is 0 Å². The molecule has 0 saturated heterocycles. The molecule has 0 radical (unpaired) electrons. The zero-order valence-corrected chi connectivity index (χ0v) is 8.90. The van der Waals surface area contributed by atoms with Gasteiger partial charge < -0.3 is 5.11 Å². The molecule has 0 unspecified atom stereocenters. The first kappa shape index (κ1) is 10.0. The summed E-state index contributed by atoms with van der Waals surface area (Å²) in [5.41, 5.74) is 1.16. The number of rotatable bonds is 3. The van der Waals surface area contributed by atoms with Crippen molar-refractivity contribution in [1.82, 2.24) is 0 Å². The number of hydrogen-bond donors (Lipinski definition) is 1. The molecule has 3 heteroatoms. The lowest BCUT2D eigenvalue weighted by Crippen LogP contribution is -1.89. The molecule has 1 aromatic carbocycles. The van der Waals surface area contributed by atoms with Crippen molar-refractivity contribution in [2.24, 2.45) is 0 Å². The Hall–Kier alpha value is -0.0500. The van der Waals surface area contributed by atoms with Crippen molar-refractivity contribution in [2.45, 2.75) is 12.8 Å². The lowest BCUT2D eigenvalue weighted by atomic mass is 10.1.